The summed E-state index contributed by atoms with van der Waals surface area (Å²) in [5.74, 6) is -15.2. The molecule has 4 rings (SSSR count). The fourth-order valence-corrected chi connectivity index (χ4v) is 12.1. The minimum absolute atomic E-state index is 0.0299. The molecule has 1 fully saturated rings. The lowest BCUT2D eigenvalue weighted by molar-refractivity contribution is -0.146. The first-order valence-electron chi connectivity index (χ1n) is 36.0. The van der Waals surface area contributed by atoms with Crippen LogP contribution in [0, 0.1) is 11.8 Å². The molecule has 620 valence electrons. The smallest absolute Gasteiger partial charge is 0.328 e. The van der Waals surface area contributed by atoms with Gasteiger partial charge in [0, 0.05) is 54.5 Å². The average Bonchev–Trinajstić information content (AvgIpc) is 1.66. The van der Waals surface area contributed by atoms with Gasteiger partial charge in [-0.05, 0) is 98.8 Å². The van der Waals surface area contributed by atoms with Crippen molar-refractivity contribution >= 4 is 149 Å². The van der Waals surface area contributed by atoms with Crippen LogP contribution in [0.2, 0.25) is 0 Å². The third-order valence-electron chi connectivity index (χ3n) is 17.7. The highest BCUT2D eigenvalue weighted by Gasteiger charge is 2.41. The number of likely N-dealkylation sites (tertiary alicyclic amines) is 1. The van der Waals surface area contributed by atoms with Crippen LogP contribution in [0.15, 0.2) is 65.8 Å². The van der Waals surface area contributed by atoms with Crippen molar-refractivity contribution in [3.05, 3.63) is 71.9 Å². The van der Waals surface area contributed by atoms with Crippen LogP contribution >= 0.6 is 37.0 Å². The predicted octanol–water partition coefficient (Wildman–Crippen LogP) is -5.16. The van der Waals surface area contributed by atoms with Crippen molar-refractivity contribution in [3.63, 3.8) is 0 Å². The molecule has 1 aliphatic rings. The fourth-order valence-electron chi connectivity index (χ4n) is 11.2. The monoisotopic (exact) mass is 1630 g/mol. The Hall–Kier alpha value is -10.3. The van der Waals surface area contributed by atoms with Gasteiger partial charge in [-0.25, -0.2) is 9.59 Å². The van der Waals surface area contributed by atoms with Crippen LogP contribution < -0.4 is 87.2 Å². The quantitative estimate of drug-likeness (QED) is 0.0109. The van der Waals surface area contributed by atoms with Gasteiger partial charge in [-0.3, -0.25) is 72.1 Å². The highest BCUT2D eigenvalue weighted by Crippen LogP contribution is 2.22. The molecule has 2 aromatic carbocycles. The SMILES string of the molecule is CC(C)C(NC(=O)C(CS)NC(=O)CNC(=O)C(N)Cc1c[nH]c2ccccc12)C(=O)N1CCCC1C(=O)NC(CO)C(=O)O.CCC(C)C(NC(=O)C(CCSC)NC(=O)C(CCC(=O)O)NC(=O)C(CS)NC(=O)C(N)Cc1ccccc1)C(=O)NCC(=O)NC(CCCN=C(N)N)C(=O)NC(CCC(N)=O)C(=O)O. The van der Waals surface area contributed by atoms with Crippen LogP contribution in [0.3, 0.4) is 0 Å². The molecule has 1 aromatic heterocycles. The normalized spacial score (nSPS) is 15.6. The number of nitrogens with zero attached hydrogens (tertiary/aromatic N) is 2. The number of aromatic amines is 1. The summed E-state index contributed by atoms with van der Waals surface area (Å²) < 4.78 is 0. The minimum atomic E-state index is -1.52. The number of H-pyrrole nitrogens is 1. The number of aliphatic hydroxyl groups excluding tert-OH is 1. The number of nitrogens with one attached hydrogen (secondary N) is 12. The van der Waals surface area contributed by atoms with E-state index >= 15 is 0 Å². The average molecular weight is 1630 g/mol. The van der Waals surface area contributed by atoms with Crippen molar-refractivity contribution in [1.29, 1.82) is 0 Å². The second-order valence-corrected chi connectivity index (χ2v) is 28.3. The highest BCUT2D eigenvalue weighted by molar-refractivity contribution is 7.98. The van der Waals surface area contributed by atoms with Gasteiger partial charge in [0.2, 0.25) is 76.8 Å². The number of carbonyl (C=O) groups is 16. The summed E-state index contributed by atoms with van der Waals surface area (Å²) in [6.45, 7) is 5.09. The lowest BCUT2D eigenvalue weighted by Gasteiger charge is -2.31. The number of carboxylic acid groups (broad SMARTS) is 3. The van der Waals surface area contributed by atoms with Crippen LogP contribution in [0.4, 0.5) is 0 Å². The summed E-state index contributed by atoms with van der Waals surface area (Å²) in [5.41, 5.74) is 30.5. The van der Waals surface area contributed by atoms with Crippen LogP contribution in [-0.4, -0.2) is 260 Å². The number of aromatic nitrogens is 1. The number of benzene rings is 2. The number of amides is 13. The van der Waals surface area contributed by atoms with Crippen molar-refractivity contribution < 1.29 is 97.1 Å². The number of thioether (sulfide) groups is 1. The summed E-state index contributed by atoms with van der Waals surface area (Å²) in [7, 11) is 0. The second-order valence-electron chi connectivity index (χ2n) is 26.6. The maximum Gasteiger partial charge on any atom is 0.328 e. The molecule has 13 atom stereocenters. The van der Waals surface area contributed by atoms with E-state index in [-0.39, 0.29) is 81.9 Å². The Morgan fingerprint density at radius 2 is 1.10 bits per heavy atom. The van der Waals surface area contributed by atoms with Gasteiger partial charge >= 0.3 is 17.9 Å². The Labute approximate surface area is 661 Å². The van der Waals surface area contributed by atoms with Crippen LogP contribution in [0.5, 0.6) is 0 Å². The fraction of sp³-hybridized carbons (Fsp3) is 0.557. The van der Waals surface area contributed by atoms with E-state index < -0.39 is 212 Å². The number of guanidine groups is 1. The first-order valence-corrected chi connectivity index (χ1v) is 38.7. The van der Waals surface area contributed by atoms with Gasteiger partial charge < -0.3 is 117 Å². The Morgan fingerprint density at radius 1 is 0.589 bits per heavy atom. The summed E-state index contributed by atoms with van der Waals surface area (Å²) in [5, 5.41) is 65.4. The first-order chi connectivity index (χ1) is 53.0. The number of fused-ring (bicyclic) bond motifs is 1. The molecule has 13 amide bonds. The van der Waals surface area contributed by atoms with E-state index in [1.165, 1.54) is 16.7 Å². The van der Waals surface area contributed by atoms with Crippen molar-refractivity contribution in [2.75, 3.05) is 56.3 Å². The molecule has 0 radical (unpaired) electrons. The maximum absolute atomic E-state index is 13.9. The van der Waals surface area contributed by atoms with E-state index in [0.29, 0.717) is 18.6 Å². The van der Waals surface area contributed by atoms with Crippen LogP contribution in [0.1, 0.15) is 103 Å². The number of nitrogens with two attached hydrogens (primary N) is 5. The molecular formula is C70H107N19O20S3. The van der Waals surface area contributed by atoms with E-state index in [1.807, 2.05) is 24.3 Å². The van der Waals surface area contributed by atoms with Gasteiger partial charge in [-0.15, -0.1) is 0 Å². The number of primary amides is 1. The summed E-state index contributed by atoms with van der Waals surface area (Å²) in [6.07, 6.45) is 3.52. The summed E-state index contributed by atoms with van der Waals surface area (Å²) in [4.78, 5) is 212. The largest absolute Gasteiger partial charge is 0.481 e. The molecule has 0 bridgehead atoms. The number of thiol groups is 2. The van der Waals surface area contributed by atoms with Crippen molar-refractivity contribution in [2.45, 2.75) is 177 Å². The zero-order valence-electron chi connectivity index (χ0n) is 62.9. The topological polar surface area (TPSA) is 648 Å². The van der Waals surface area contributed by atoms with Crippen molar-refractivity contribution in [1.82, 2.24) is 68.4 Å². The van der Waals surface area contributed by atoms with Crippen LogP contribution in [0.25, 0.3) is 10.9 Å². The van der Waals surface area contributed by atoms with E-state index in [1.54, 1.807) is 70.5 Å². The molecule has 0 spiro atoms. The molecule has 2 heterocycles. The predicted molar refractivity (Wildman–Crippen MR) is 419 cm³/mol. The van der Waals surface area contributed by atoms with E-state index in [9.17, 15) is 92.0 Å². The Bertz CT molecular complexity index is 3740. The number of aliphatic imine (C=N–C) groups is 1. The molecule has 3 aromatic rings. The van der Waals surface area contributed by atoms with Gasteiger partial charge in [-0.2, -0.15) is 37.0 Å². The maximum atomic E-state index is 13.9. The lowest BCUT2D eigenvalue weighted by atomic mass is 9.97. The summed E-state index contributed by atoms with van der Waals surface area (Å²) >= 11 is 9.67. The van der Waals surface area contributed by atoms with Crippen molar-refractivity contribution in [2.24, 2.45) is 45.5 Å². The molecule has 112 heavy (non-hydrogen) atoms. The second kappa shape index (κ2) is 49.9. The molecule has 1 saturated heterocycles. The molecule has 26 N–H and O–H groups in total. The molecule has 0 aliphatic carbocycles. The number of carbonyl (C=O) groups excluding carboxylic acids is 13. The van der Waals surface area contributed by atoms with Gasteiger partial charge in [0.15, 0.2) is 5.96 Å². The molecule has 13 unspecified atom stereocenters. The first kappa shape index (κ1) is 95.9. The minimum Gasteiger partial charge on any atom is -0.481 e. The van der Waals surface area contributed by atoms with Crippen molar-refractivity contribution in [3.8, 4) is 0 Å². The molecule has 42 heteroatoms. The highest BCUT2D eigenvalue weighted by atomic mass is 32.2. The molecule has 0 saturated carbocycles. The zero-order valence-corrected chi connectivity index (χ0v) is 65.5. The molecular weight excluding hydrogens is 1520 g/mol. The Balaban J connectivity index is 0.000000624. The number of hydrogen-bond acceptors (Lipinski definition) is 23. The van der Waals surface area contributed by atoms with E-state index in [0.717, 1.165) is 22.0 Å². The molecule has 1 aliphatic heterocycles. The standard InChI is InChI=1S/C41H66N12O12S2.C29H41N7O8S/c1-4-22(2)33(39(63)47-20-31(55)48-25(11-8-17-46-41(44)45)35(59)51-28(40(64)65)12-14-30(43)54)53-37(61)27(16-18-67-3)50-36(60)26(13-15-32(56)57)49-38(62)29(21-66)52-34(58)24(42)19-23-9-6-5-7-10-23;1-15(2)24(28(42)36-9-5-8-22(36)27(41)34-20(13-37)29(43)44)35-26(40)21(14-45)33-23(38)12-32-25(39)18(30)10-16-11-31-19-7-4-3-6-17(16)19/h5-7,9-10,22,24-29,33,66H,4,8,11-21,42H2,1-3H3,(H2,43,54)(H,47,63)(H,48,55)(H,49,62)(H,50,60)(H,51,59)(H,52,58)(H,53,61)(H,56,57)(H,64,65)(H4,44,45,46);3-4,6-7,11,15,18,20-22,24,31,37,45H,5,8-10,12-14,30H2,1-2H3,(H,32,39)(H,33,38)(H,34,41)(H,35,40)(H,43,44). The van der Waals surface area contributed by atoms with Gasteiger partial charge in [0.1, 0.15) is 60.4 Å². The van der Waals surface area contributed by atoms with Gasteiger partial charge in [-0.1, -0.05) is 82.6 Å². The van der Waals surface area contributed by atoms with E-state index in [4.69, 9.17) is 33.8 Å². The Kier molecular flexibility index (Phi) is 42.7. The third-order valence-corrected chi connectivity index (χ3v) is 19.0. The van der Waals surface area contributed by atoms with Gasteiger partial charge in [0.25, 0.3) is 0 Å². The van der Waals surface area contributed by atoms with Gasteiger partial charge in [0.05, 0.1) is 31.8 Å². The number of aliphatic carboxylic acids is 3. The van der Waals surface area contributed by atoms with Crippen LogP contribution in [-0.2, 0) is 89.6 Å². The number of aliphatic hydroxyl groups is 1. The Morgan fingerprint density at radius 3 is 1.66 bits per heavy atom. The number of rotatable bonds is 48. The lowest BCUT2D eigenvalue weighted by Crippen LogP contribution is -2.60. The third kappa shape index (κ3) is 33.3. The number of hydrogen-bond donors (Lipinski definition) is 23. The molecule has 39 nitrogen and oxygen atoms in total. The van der Waals surface area contributed by atoms with E-state index in [2.05, 4.69) is 93.7 Å². The number of carboxylic acids is 3. The summed E-state index contributed by atoms with van der Waals surface area (Å²) in [6, 6.07) is 1.61. The number of para-hydroxylation sites is 1. The zero-order chi connectivity index (χ0) is 83.9.